The second-order valence-corrected chi connectivity index (χ2v) is 4.77. The van der Waals surface area contributed by atoms with Crippen LogP contribution in [0.5, 0.6) is 0 Å². The van der Waals surface area contributed by atoms with Gasteiger partial charge in [-0.2, -0.15) is 0 Å². The first-order chi connectivity index (χ1) is 8.67. The number of aliphatic hydroxyl groups excluding tert-OH is 1. The van der Waals surface area contributed by atoms with Gasteiger partial charge in [-0.1, -0.05) is 50.6 Å². The molecule has 0 aliphatic carbocycles. The molecule has 0 fully saturated rings. The van der Waals surface area contributed by atoms with Gasteiger partial charge in [-0.3, -0.25) is 4.79 Å². The average molecular weight is 249 g/mol. The highest BCUT2D eigenvalue weighted by molar-refractivity contribution is 5.78. The van der Waals surface area contributed by atoms with Crippen LogP contribution in [0.3, 0.4) is 0 Å². The normalized spacial score (nSPS) is 13.9. The first kappa shape index (κ1) is 14.7. The minimum absolute atomic E-state index is 0.0137. The second-order valence-electron chi connectivity index (χ2n) is 4.77. The molecule has 0 spiro atoms. The third kappa shape index (κ3) is 4.88. The van der Waals surface area contributed by atoms with E-state index >= 15 is 0 Å². The quantitative estimate of drug-likeness (QED) is 0.778. The fourth-order valence-corrected chi connectivity index (χ4v) is 1.97. The lowest BCUT2D eigenvalue weighted by Gasteiger charge is -2.19. The van der Waals surface area contributed by atoms with Crippen LogP contribution in [0.25, 0.3) is 0 Å². The molecule has 1 aromatic carbocycles. The van der Waals surface area contributed by atoms with Crippen molar-refractivity contribution in [1.82, 2.24) is 5.32 Å². The standard InChI is InChI=1S/C15H23NO2/c1-3-7-12(2)15(18)16-14(11-17)10-13-8-5-4-6-9-13/h4-6,8-9,12,14,17H,3,7,10-11H2,1-2H3,(H,16,18)/t12?,14-/m1/s1. The van der Waals surface area contributed by atoms with Crippen molar-refractivity contribution in [3.05, 3.63) is 35.9 Å². The van der Waals surface area contributed by atoms with Gasteiger partial charge in [0.05, 0.1) is 12.6 Å². The fraction of sp³-hybridized carbons (Fsp3) is 0.533. The first-order valence-electron chi connectivity index (χ1n) is 6.62. The average Bonchev–Trinajstić information content (AvgIpc) is 2.39. The summed E-state index contributed by atoms with van der Waals surface area (Å²) in [6.07, 6.45) is 2.55. The van der Waals surface area contributed by atoms with E-state index in [0.717, 1.165) is 18.4 Å². The first-order valence-corrected chi connectivity index (χ1v) is 6.62. The number of benzene rings is 1. The van der Waals surface area contributed by atoms with E-state index in [4.69, 9.17) is 0 Å². The zero-order chi connectivity index (χ0) is 13.4. The van der Waals surface area contributed by atoms with Gasteiger partial charge in [-0.15, -0.1) is 0 Å². The van der Waals surface area contributed by atoms with E-state index < -0.39 is 0 Å². The molecule has 18 heavy (non-hydrogen) atoms. The van der Waals surface area contributed by atoms with E-state index in [1.807, 2.05) is 37.3 Å². The van der Waals surface area contributed by atoms with Crippen LogP contribution >= 0.6 is 0 Å². The molecule has 1 unspecified atom stereocenters. The summed E-state index contributed by atoms with van der Waals surface area (Å²) in [6, 6.07) is 9.70. The van der Waals surface area contributed by atoms with Crippen LogP contribution in [0.2, 0.25) is 0 Å². The molecule has 0 aliphatic rings. The van der Waals surface area contributed by atoms with Gasteiger partial charge in [0, 0.05) is 5.92 Å². The number of aliphatic hydroxyl groups is 1. The predicted octanol–water partition coefficient (Wildman–Crippen LogP) is 2.14. The topological polar surface area (TPSA) is 49.3 Å². The van der Waals surface area contributed by atoms with Gasteiger partial charge >= 0.3 is 0 Å². The zero-order valence-electron chi connectivity index (χ0n) is 11.2. The minimum Gasteiger partial charge on any atom is -0.394 e. The zero-order valence-corrected chi connectivity index (χ0v) is 11.2. The second kappa shape index (κ2) is 7.88. The van der Waals surface area contributed by atoms with Crippen molar-refractivity contribution in [3.63, 3.8) is 0 Å². The lowest BCUT2D eigenvalue weighted by Crippen LogP contribution is -2.41. The summed E-state index contributed by atoms with van der Waals surface area (Å²) in [7, 11) is 0. The molecule has 0 aliphatic heterocycles. The Morgan fingerprint density at radius 1 is 1.33 bits per heavy atom. The number of amides is 1. The molecule has 0 saturated carbocycles. The lowest BCUT2D eigenvalue weighted by atomic mass is 10.0. The Kier molecular flexibility index (Phi) is 6.44. The van der Waals surface area contributed by atoms with Crippen LogP contribution in [-0.2, 0) is 11.2 Å². The molecule has 2 atom stereocenters. The van der Waals surface area contributed by atoms with Crippen molar-refractivity contribution in [1.29, 1.82) is 0 Å². The smallest absolute Gasteiger partial charge is 0.223 e. The monoisotopic (exact) mass is 249 g/mol. The van der Waals surface area contributed by atoms with E-state index in [9.17, 15) is 9.90 Å². The van der Waals surface area contributed by atoms with E-state index in [1.165, 1.54) is 0 Å². The summed E-state index contributed by atoms with van der Waals surface area (Å²) in [6.45, 7) is 3.96. The highest BCUT2D eigenvalue weighted by Gasteiger charge is 2.16. The summed E-state index contributed by atoms with van der Waals surface area (Å²) in [5, 5.41) is 12.2. The van der Waals surface area contributed by atoms with Crippen LogP contribution in [0.1, 0.15) is 32.3 Å². The Balaban J connectivity index is 2.49. The summed E-state index contributed by atoms with van der Waals surface area (Å²) >= 11 is 0. The molecule has 1 amide bonds. The molecule has 0 saturated heterocycles. The molecular formula is C15H23NO2. The Labute approximate surface area is 109 Å². The van der Waals surface area contributed by atoms with Gasteiger partial charge in [-0.25, -0.2) is 0 Å². The van der Waals surface area contributed by atoms with E-state index in [1.54, 1.807) is 0 Å². The molecule has 100 valence electrons. The minimum atomic E-state index is -0.195. The lowest BCUT2D eigenvalue weighted by molar-refractivity contribution is -0.125. The summed E-state index contributed by atoms with van der Waals surface area (Å²) in [5.41, 5.74) is 1.12. The van der Waals surface area contributed by atoms with E-state index in [2.05, 4.69) is 12.2 Å². The van der Waals surface area contributed by atoms with Gasteiger partial charge in [-0.05, 0) is 18.4 Å². The maximum absolute atomic E-state index is 11.9. The highest BCUT2D eigenvalue weighted by Crippen LogP contribution is 2.07. The largest absolute Gasteiger partial charge is 0.394 e. The van der Waals surface area contributed by atoms with Gasteiger partial charge in [0.2, 0.25) is 5.91 Å². The molecule has 1 aromatic rings. The van der Waals surface area contributed by atoms with Gasteiger partial charge in [0.25, 0.3) is 0 Å². The highest BCUT2D eigenvalue weighted by atomic mass is 16.3. The number of hydrogen-bond donors (Lipinski definition) is 2. The SMILES string of the molecule is CCCC(C)C(=O)N[C@@H](CO)Cc1ccccc1. The third-order valence-corrected chi connectivity index (χ3v) is 3.06. The Bertz CT molecular complexity index is 351. The van der Waals surface area contributed by atoms with Crippen LogP contribution in [-0.4, -0.2) is 23.7 Å². The molecule has 0 bridgehead atoms. The number of carbonyl (C=O) groups is 1. The Hall–Kier alpha value is -1.35. The Morgan fingerprint density at radius 2 is 2.00 bits per heavy atom. The summed E-state index contributed by atoms with van der Waals surface area (Å²) in [4.78, 5) is 11.9. The molecule has 1 rings (SSSR count). The molecule has 2 N–H and O–H groups in total. The predicted molar refractivity (Wildman–Crippen MR) is 73.2 cm³/mol. The van der Waals surface area contributed by atoms with Crippen LogP contribution in [0.15, 0.2) is 30.3 Å². The maximum atomic E-state index is 11.9. The number of carbonyl (C=O) groups excluding carboxylic acids is 1. The fourth-order valence-electron chi connectivity index (χ4n) is 1.97. The van der Waals surface area contributed by atoms with Crippen molar-refractivity contribution >= 4 is 5.91 Å². The molecule has 0 radical (unpaired) electrons. The number of nitrogens with one attached hydrogen (secondary N) is 1. The van der Waals surface area contributed by atoms with Gasteiger partial charge < -0.3 is 10.4 Å². The van der Waals surface area contributed by atoms with Crippen molar-refractivity contribution in [2.45, 2.75) is 39.2 Å². The van der Waals surface area contributed by atoms with E-state index in [-0.39, 0.29) is 24.5 Å². The molecular weight excluding hydrogens is 226 g/mol. The molecule has 0 heterocycles. The van der Waals surface area contributed by atoms with Crippen molar-refractivity contribution in [3.8, 4) is 0 Å². The van der Waals surface area contributed by atoms with Crippen molar-refractivity contribution in [2.75, 3.05) is 6.61 Å². The van der Waals surface area contributed by atoms with Gasteiger partial charge in [0.1, 0.15) is 0 Å². The third-order valence-electron chi connectivity index (χ3n) is 3.06. The molecule has 3 nitrogen and oxygen atoms in total. The summed E-state index contributed by atoms with van der Waals surface area (Å²) < 4.78 is 0. The molecule has 3 heteroatoms. The van der Waals surface area contributed by atoms with E-state index in [0.29, 0.717) is 6.42 Å². The van der Waals surface area contributed by atoms with Gasteiger partial charge in [0.15, 0.2) is 0 Å². The van der Waals surface area contributed by atoms with Crippen molar-refractivity contribution in [2.24, 2.45) is 5.92 Å². The maximum Gasteiger partial charge on any atom is 0.223 e. The number of rotatable bonds is 7. The van der Waals surface area contributed by atoms with Crippen LogP contribution < -0.4 is 5.32 Å². The van der Waals surface area contributed by atoms with Crippen molar-refractivity contribution < 1.29 is 9.90 Å². The van der Waals surface area contributed by atoms with Crippen LogP contribution in [0.4, 0.5) is 0 Å². The van der Waals surface area contributed by atoms with Crippen LogP contribution in [0, 0.1) is 5.92 Å². The Morgan fingerprint density at radius 3 is 2.56 bits per heavy atom. The molecule has 0 aromatic heterocycles. The summed E-state index contributed by atoms with van der Waals surface area (Å²) in [5.74, 6) is 0.0478. The number of hydrogen-bond acceptors (Lipinski definition) is 2.